The van der Waals surface area contributed by atoms with Gasteiger partial charge in [-0.05, 0) is 152 Å². The molecule has 0 bridgehead atoms. The number of rotatable bonds is 10. The Balaban J connectivity index is 1.02. The zero-order valence-electron chi connectivity index (χ0n) is 49.5. The van der Waals surface area contributed by atoms with Crippen LogP contribution < -0.4 is 0 Å². The molecule has 15 aromatic rings. The van der Waals surface area contributed by atoms with Crippen molar-refractivity contribution in [3.05, 3.63) is 229 Å². The fourth-order valence-corrected chi connectivity index (χ4v) is 12.2. The van der Waals surface area contributed by atoms with Gasteiger partial charge in [0.1, 0.15) is 46.6 Å². The van der Waals surface area contributed by atoms with Crippen molar-refractivity contribution in [1.82, 2.24) is 78.9 Å². The Bertz CT molecular complexity index is 4970. The highest BCUT2D eigenvalue weighted by Gasteiger charge is 2.25. The summed E-state index contributed by atoms with van der Waals surface area (Å²) in [6.45, 7) is 15.2. The molecule has 0 spiro atoms. The maximum absolute atomic E-state index is 5.39. The molecule has 0 radical (unpaired) electrons. The molecule has 7 heterocycles. The van der Waals surface area contributed by atoms with Gasteiger partial charge < -0.3 is 9.13 Å². The molecule has 422 valence electrons. The topological polar surface area (TPSA) is 190 Å². The van der Waals surface area contributed by atoms with E-state index < -0.39 is 0 Å². The third-order valence-corrected chi connectivity index (χ3v) is 15.8. The van der Waals surface area contributed by atoms with Crippen LogP contribution in [0.25, 0.3) is 146 Å². The van der Waals surface area contributed by atoms with Crippen LogP contribution in [-0.4, -0.2) is 78.9 Å². The van der Waals surface area contributed by atoms with Crippen LogP contribution >= 0.6 is 0 Å². The third-order valence-electron chi connectivity index (χ3n) is 15.8. The predicted molar refractivity (Wildman–Crippen MR) is 346 cm³/mol. The molecule has 0 aliphatic rings. The van der Waals surface area contributed by atoms with Gasteiger partial charge in [-0.2, -0.15) is 0 Å². The second-order valence-electron chi connectivity index (χ2n) is 22.1. The minimum atomic E-state index is 0.601. The first-order chi connectivity index (χ1) is 42.8. The average molecular weight is 1140 g/mol. The van der Waals surface area contributed by atoms with Gasteiger partial charge in [0.05, 0.1) is 44.8 Å². The van der Waals surface area contributed by atoms with Gasteiger partial charge in [-0.1, -0.05) is 84.9 Å². The van der Waals surface area contributed by atoms with Crippen LogP contribution in [0.4, 0.5) is 0 Å². The Labute approximate surface area is 506 Å². The first kappa shape index (κ1) is 53.2. The number of hydrogen-bond acceptors (Lipinski definition) is 14. The molecule has 0 saturated heterocycles. The first-order valence-electron chi connectivity index (χ1n) is 29.0. The van der Waals surface area contributed by atoms with Crippen molar-refractivity contribution in [2.24, 2.45) is 0 Å². The molecule has 0 saturated carbocycles. The largest absolute Gasteiger partial charge is 0.309 e. The molecule has 88 heavy (non-hydrogen) atoms. The third kappa shape index (κ3) is 9.62. The van der Waals surface area contributed by atoms with Crippen LogP contribution in [0.1, 0.15) is 46.6 Å². The second kappa shape index (κ2) is 21.2. The van der Waals surface area contributed by atoms with Crippen LogP contribution in [0, 0.1) is 55.4 Å². The quantitative estimate of drug-likeness (QED) is 0.126. The number of aryl methyl sites for hydroxylation is 8. The van der Waals surface area contributed by atoms with Crippen LogP contribution in [0.15, 0.2) is 182 Å². The van der Waals surface area contributed by atoms with Gasteiger partial charge in [-0.15, -0.1) is 0 Å². The van der Waals surface area contributed by atoms with Gasteiger partial charge in [0.25, 0.3) is 0 Å². The predicted octanol–water partition coefficient (Wildman–Crippen LogP) is 15.2. The van der Waals surface area contributed by atoms with Crippen LogP contribution in [0.3, 0.4) is 0 Å². The van der Waals surface area contributed by atoms with Crippen molar-refractivity contribution < 1.29 is 0 Å². The summed E-state index contributed by atoms with van der Waals surface area (Å²) in [4.78, 5) is 67.2. The van der Waals surface area contributed by atoms with E-state index in [1.165, 1.54) is 0 Å². The van der Waals surface area contributed by atoms with Gasteiger partial charge in [0.15, 0.2) is 29.1 Å². The highest BCUT2D eigenvalue weighted by atomic mass is 15.1. The van der Waals surface area contributed by atoms with Gasteiger partial charge in [0, 0.05) is 71.6 Å². The molecule has 15 rings (SSSR count). The van der Waals surface area contributed by atoms with E-state index in [0.29, 0.717) is 75.7 Å². The van der Waals surface area contributed by atoms with Crippen molar-refractivity contribution in [3.8, 4) is 102 Å². The summed E-state index contributed by atoms with van der Waals surface area (Å²) in [5.41, 5.74) is 15.5. The lowest BCUT2D eigenvalue weighted by atomic mass is 9.96. The minimum absolute atomic E-state index is 0.601. The van der Waals surface area contributed by atoms with E-state index in [4.69, 9.17) is 49.8 Å². The Morgan fingerprint density at radius 3 is 0.909 bits per heavy atom. The highest BCUT2D eigenvalue weighted by Crippen LogP contribution is 2.45. The molecular weight excluding hydrogens is 1090 g/mol. The molecule has 16 heteroatoms. The van der Waals surface area contributed by atoms with Crippen LogP contribution in [0.2, 0.25) is 0 Å². The normalized spacial score (nSPS) is 11.6. The first-order valence-corrected chi connectivity index (χ1v) is 29.0. The Hall–Kier alpha value is -11.5. The van der Waals surface area contributed by atoms with Gasteiger partial charge in [-0.3, -0.25) is 0 Å². The lowest BCUT2D eigenvalue weighted by Gasteiger charge is -2.20. The molecular formula is C72H54N16. The Morgan fingerprint density at radius 2 is 0.523 bits per heavy atom. The lowest BCUT2D eigenvalue weighted by Crippen LogP contribution is -2.03. The number of nitrogens with zero attached hydrogens (tertiary/aromatic N) is 16. The highest BCUT2D eigenvalue weighted by molar-refractivity contribution is 6.14. The molecule has 8 aromatic carbocycles. The maximum atomic E-state index is 5.39. The van der Waals surface area contributed by atoms with Crippen molar-refractivity contribution >= 4 is 43.6 Å². The fraction of sp³-hybridized carbons (Fsp3) is 0.111. The molecule has 0 unspecified atom stereocenters. The van der Waals surface area contributed by atoms with Gasteiger partial charge in [-0.25, -0.2) is 69.8 Å². The van der Waals surface area contributed by atoms with E-state index in [9.17, 15) is 0 Å². The molecule has 16 nitrogen and oxygen atoms in total. The molecule has 0 amide bonds. The van der Waals surface area contributed by atoms with Crippen LogP contribution in [0.5, 0.6) is 0 Å². The Kier molecular flexibility index (Phi) is 12.8. The van der Waals surface area contributed by atoms with Crippen molar-refractivity contribution in [2.45, 2.75) is 55.4 Å². The molecule has 0 aliphatic carbocycles. The smallest absolute Gasteiger partial charge is 0.163 e. The zero-order valence-corrected chi connectivity index (χ0v) is 49.5. The number of benzene rings is 8. The number of fused-ring (bicyclic) bond motifs is 6. The van der Waals surface area contributed by atoms with E-state index >= 15 is 0 Å². The summed E-state index contributed by atoms with van der Waals surface area (Å²) in [5.74, 6) is 8.24. The molecule has 0 atom stereocenters. The summed E-state index contributed by atoms with van der Waals surface area (Å²) < 4.78 is 4.74. The number of para-hydroxylation sites is 1. The summed E-state index contributed by atoms with van der Waals surface area (Å²) >= 11 is 0. The second-order valence-corrected chi connectivity index (χ2v) is 22.1. The van der Waals surface area contributed by atoms with Gasteiger partial charge in [0.2, 0.25) is 0 Å². The monoisotopic (exact) mass is 1140 g/mol. The number of hydrogen-bond donors (Lipinski definition) is 0. The summed E-state index contributed by atoms with van der Waals surface area (Å²) in [5, 5.41) is 3.99. The average Bonchev–Trinajstić information content (AvgIpc) is 1.62. The summed E-state index contributed by atoms with van der Waals surface area (Å²) in [6.07, 6.45) is 0. The summed E-state index contributed by atoms with van der Waals surface area (Å²) in [7, 11) is 0. The minimum Gasteiger partial charge on any atom is -0.309 e. The SMILES string of the molecule is Cc1nc(C)nc(-c2ccc3c(c2)c2cc(-c4nc(C)nc(C)n4)ccc2n3-c2ccccc2-c2cc(-c3cc(-c4ccccc4)nc(-c4ccccc4)n3)ccc2-n2c3ccc(-c4nc(C)nc(C)n4)cc3c3cc(-c4nc(C)nc(C)n4)ccc32)n1. The van der Waals surface area contributed by atoms with Crippen molar-refractivity contribution in [3.63, 3.8) is 0 Å². The fourth-order valence-electron chi connectivity index (χ4n) is 12.2. The molecule has 0 N–H and O–H groups in total. The lowest BCUT2D eigenvalue weighted by molar-refractivity contribution is 0.928. The Morgan fingerprint density at radius 1 is 0.216 bits per heavy atom. The summed E-state index contributed by atoms with van der Waals surface area (Å²) in [6, 6.07) is 63.8. The van der Waals surface area contributed by atoms with Crippen molar-refractivity contribution in [1.29, 1.82) is 0 Å². The molecule has 0 aliphatic heterocycles. The van der Waals surface area contributed by atoms with E-state index in [0.717, 1.165) is 116 Å². The van der Waals surface area contributed by atoms with Gasteiger partial charge >= 0.3 is 0 Å². The van der Waals surface area contributed by atoms with E-state index in [2.05, 4.69) is 175 Å². The van der Waals surface area contributed by atoms with Crippen molar-refractivity contribution in [2.75, 3.05) is 0 Å². The van der Waals surface area contributed by atoms with Crippen LogP contribution in [-0.2, 0) is 0 Å². The number of aromatic nitrogens is 16. The standard InChI is InChI=1S/C72H54N16/c1-39-73-40(2)78-69(77-39)50-24-29-64-56(34-50)57-35-51(70-79-41(3)74-42(4)80-70)25-30-65(57)87(64)62-22-16-15-21-54(62)55-33-49(61-38-60(47-17-11-9-12-18-47)85-68(86-61)48-19-13-10-14-20-48)23-28-63(55)88-66-31-26-52(71-81-43(5)75-44(6)82-71)36-58(66)59-37-53(27-32-67(59)88)72-83-45(7)76-46(8)84-72/h9-38H,1-8H3. The van der Waals surface area contributed by atoms with E-state index in [-0.39, 0.29) is 0 Å². The van der Waals surface area contributed by atoms with E-state index in [1.807, 2.05) is 91.8 Å². The zero-order chi connectivity index (χ0) is 59.9. The van der Waals surface area contributed by atoms with E-state index in [1.54, 1.807) is 0 Å². The molecule has 7 aromatic heterocycles. The molecule has 0 fully saturated rings. The maximum Gasteiger partial charge on any atom is 0.163 e.